The van der Waals surface area contributed by atoms with Gasteiger partial charge < -0.3 is 9.64 Å². The minimum Gasteiger partial charge on any atom is -0.481 e. The molecule has 0 spiro atoms. The molecule has 7 heteroatoms. The third-order valence-electron chi connectivity index (χ3n) is 4.18. The van der Waals surface area contributed by atoms with Gasteiger partial charge in [0.25, 0.3) is 0 Å². The van der Waals surface area contributed by atoms with Crippen LogP contribution in [0, 0.1) is 5.82 Å². The second-order valence-corrected chi connectivity index (χ2v) is 5.73. The third-order valence-corrected chi connectivity index (χ3v) is 4.18. The molecule has 0 bridgehead atoms. The van der Waals surface area contributed by atoms with Gasteiger partial charge in [0.2, 0.25) is 5.88 Å². The van der Waals surface area contributed by atoms with E-state index in [1.165, 1.54) is 6.07 Å². The number of methoxy groups -OCH3 is 1. The van der Waals surface area contributed by atoms with E-state index < -0.39 is 0 Å². The third kappa shape index (κ3) is 2.28. The summed E-state index contributed by atoms with van der Waals surface area (Å²) in [6.07, 6.45) is 5.78. The highest BCUT2D eigenvalue weighted by atomic mass is 19.1. The molecule has 6 nitrogen and oxygen atoms in total. The number of hydrogen-bond acceptors (Lipinski definition) is 5. The van der Waals surface area contributed by atoms with Crippen LogP contribution in [0.5, 0.6) is 5.88 Å². The van der Waals surface area contributed by atoms with Gasteiger partial charge in [-0.25, -0.2) is 18.9 Å². The molecule has 0 fully saturated rings. The number of ether oxygens (including phenoxy) is 1. The highest BCUT2D eigenvalue weighted by molar-refractivity contribution is 5.58. The minimum atomic E-state index is -0.368. The number of rotatable bonds is 3. The molecule has 0 unspecified atom stereocenters. The lowest BCUT2D eigenvalue weighted by Crippen LogP contribution is -2.29. The number of nitrogens with zero attached hydrogens (tertiary/aromatic N) is 5. The summed E-state index contributed by atoms with van der Waals surface area (Å²) in [5.41, 5.74) is 2.64. The van der Waals surface area contributed by atoms with E-state index in [1.54, 1.807) is 17.8 Å². The van der Waals surface area contributed by atoms with Crippen molar-refractivity contribution >= 4 is 11.5 Å². The molecule has 3 aromatic rings. The Morgan fingerprint density at radius 3 is 3.13 bits per heavy atom. The molecule has 0 N–H and O–H groups in total. The van der Waals surface area contributed by atoms with Crippen molar-refractivity contribution in [2.24, 2.45) is 0 Å². The second kappa shape index (κ2) is 5.19. The molecule has 1 aliphatic rings. The number of anilines is 1. The fourth-order valence-electron chi connectivity index (χ4n) is 3.09. The average Bonchev–Trinajstić information content (AvgIpc) is 3.10. The Balaban J connectivity index is 1.74. The van der Waals surface area contributed by atoms with Crippen LogP contribution in [-0.2, 0) is 13.0 Å². The SMILES string of the molecule is COc1ncc(F)cc1CN1c2nc3ccnn3cc2C[C@H]1C. The van der Waals surface area contributed by atoms with Crippen molar-refractivity contribution < 1.29 is 9.13 Å². The molecule has 0 saturated carbocycles. The minimum absolute atomic E-state index is 0.262. The zero-order chi connectivity index (χ0) is 16.0. The lowest BCUT2D eigenvalue weighted by atomic mass is 10.2. The Hall–Kier alpha value is -2.70. The molecule has 3 aromatic heterocycles. The maximum absolute atomic E-state index is 13.6. The Kier molecular flexibility index (Phi) is 3.14. The first-order valence-electron chi connectivity index (χ1n) is 7.44. The molecule has 1 aliphatic heterocycles. The van der Waals surface area contributed by atoms with E-state index in [-0.39, 0.29) is 11.9 Å². The lowest BCUT2D eigenvalue weighted by Gasteiger charge is -2.24. The lowest BCUT2D eigenvalue weighted by molar-refractivity contribution is 0.389. The van der Waals surface area contributed by atoms with Gasteiger partial charge >= 0.3 is 0 Å². The predicted molar refractivity (Wildman–Crippen MR) is 83.1 cm³/mol. The maximum Gasteiger partial charge on any atom is 0.218 e. The van der Waals surface area contributed by atoms with E-state index in [9.17, 15) is 4.39 Å². The summed E-state index contributed by atoms with van der Waals surface area (Å²) in [5.74, 6) is 0.987. The summed E-state index contributed by atoms with van der Waals surface area (Å²) in [6.45, 7) is 2.63. The normalized spacial score (nSPS) is 16.8. The van der Waals surface area contributed by atoms with Crippen molar-refractivity contribution in [3.8, 4) is 5.88 Å². The van der Waals surface area contributed by atoms with Crippen LogP contribution in [0.1, 0.15) is 18.1 Å². The predicted octanol–water partition coefficient (Wildman–Crippen LogP) is 2.22. The van der Waals surface area contributed by atoms with Crippen molar-refractivity contribution in [1.82, 2.24) is 19.6 Å². The summed E-state index contributed by atoms with van der Waals surface area (Å²) >= 11 is 0. The van der Waals surface area contributed by atoms with Crippen LogP contribution in [0.15, 0.2) is 30.7 Å². The first-order chi connectivity index (χ1) is 11.2. The van der Waals surface area contributed by atoms with E-state index in [4.69, 9.17) is 9.72 Å². The van der Waals surface area contributed by atoms with Crippen LogP contribution >= 0.6 is 0 Å². The first kappa shape index (κ1) is 13.9. The van der Waals surface area contributed by atoms with Crippen molar-refractivity contribution in [2.45, 2.75) is 25.9 Å². The second-order valence-electron chi connectivity index (χ2n) is 5.73. The Labute approximate surface area is 132 Å². The van der Waals surface area contributed by atoms with Crippen LogP contribution in [0.25, 0.3) is 5.65 Å². The zero-order valence-corrected chi connectivity index (χ0v) is 12.9. The van der Waals surface area contributed by atoms with Crippen LogP contribution < -0.4 is 9.64 Å². The van der Waals surface area contributed by atoms with Crippen LogP contribution in [0.4, 0.5) is 10.2 Å². The molecular weight excluding hydrogens is 297 g/mol. The summed E-state index contributed by atoms with van der Waals surface area (Å²) in [5, 5.41) is 4.23. The number of fused-ring (bicyclic) bond motifs is 2. The number of aromatic nitrogens is 4. The van der Waals surface area contributed by atoms with E-state index in [0.717, 1.165) is 29.6 Å². The maximum atomic E-state index is 13.6. The van der Waals surface area contributed by atoms with E-state index in [0.29, 0.717) is 18.0 Å². The topological polar surface area (TPSA) is 55.5 Å². The first-order valence-corrected chi connectivity index (χ1v) is 7.44. The Morgan fingerprint density at radius 2 is 2.30 bits per heavy atom. The van der Waals surface area contributed by atoms with E-state index in [2.05, 4.69) is 21.9 Å². The Morgan fingerprint density at radius 1 is 1.43 bits per heavy atom. The van der Waals surface area contributed by atoms with Crippen LogP contribution in [-0.4, -0.2) is 32.7 Å². The van der Waals surface area contributed by atoms with Gasteiger partial charge in [-0.2, -0.15) is 5.10 Å². The molecule has 0 aromatic carbocycles. The van der Waals surface area contributed by atoms with E-state index >= 15 is 0 Å². The largest absolute Gasteiger partial charge is 0.481 e. The molecular formula is C16H16FN5O. The van der Waals surface area contributed by atoms with Crippen molar-refractivity contribution in [3.63, 3.8) is 0 Å². The summed E-state index contributed by atoms with van der Waals surface area (Å²) in [7, 11) is 1.54. The van der Waals surface area contributed by atoms with Gasteiger partial charge in [-0.3, -0.25) is 0 Å². The number of halogens is 1. The smallest absolute Gasteiger partial charge is 0.218 e. The summed E-state index contributed by atoms with van der Waals surface area (Å²) < 4.78 is 20.6. The highest BCUT2D eigenvalue weighted by Crippen LogP contribution is 2.33. The summed E-state index contributed by atoms with van der Waals surface area (Å²) in [4.78, 5) is 10.9. The van der Waals surface area contributed by atoms with Crippen molar-refractivity contribution in [3.05, 3.63) is 47.7 Å². The molecule has 0 radical (unpaired) electrons. The number of pyridine rings is 1. The zero-order valence-electron chi connectivity index (χ0n) is 12.9. The van der Waals surface area contributed by atoms with Gasteiger partial charge in [0.05, 0.1) is 26.0 Å². The van der Waals surface area contributed by atoms with Gasteiger partial charge in [-0.05, 0) is 19.4 Å². The van der Waals surface area contributed by atoms with Gasteiger partial charge in [-0.15, -0.1) is 0 Å². The number of hydrogen-bond donors (Lipinski definition) is 0. The molecule has 4 rings (SSSR count). The fraction of sp³-hybridized carbons (Fsp3) is 0.312. The highest BCUT2D eigenvalue weighted by Gasteiger charge is 2.29. The van der Waals surface area contributed by atoms with Gasteiger partial charge in [0.1, 0.15) is 11.6 Å². The van der Waals surface area contributed by atoms with Crippen LogP contribution in [0.3, 0.4) is 0 Å². The van der Waals surface area contributed by atoms with Crippen LogP contribution in [0.2, 0.25) is 0 Å². The van der Waals surface area contributed by atoms with Gasteiger partial charge in [0, 0.05) is 29.4 Å². The molecule has 23 heavy (non-hydrogen) atoms. The van der Waals surface area contributed by atoms with Gasteiger partial charge in [0.15, 0.2) is 5.65 Å². The molecule has 118 valence electrons. The van der Waals surface area contributed by atoms with Gasteiger partial charge in [-0.1, -0.05) is 0 Å². The summed E-state index contributed by atoms with van der Waals surface area (Å²) in [6, 6.07) is 3.59. The quantitative estimate of drug-likeness (QED) is 0.742. The monoisotopic (exact) mass is 313 g/mol. The molecule has 0 aliphatic carbocycles. The molecule has 1 atom stereocenters. The molecule has 4 heterocycles. The fourth-order valence-corrected chi connectivity index (χ4v) is 3.09. The Bertz CT molecular complexity index is 878. The van der Waals surface area contributed by atoms with E-state index in [1.807, 2.05) is 12.3 Å². The molecule has 0 saturated heterocycles. The standard InChI is InChI=1S/C16H16FN5O/c1-10-5-11-9-22-14(3-4-19-22)20-15(11)21(10)8-12-6-13(17)7-18-16(12)23-2/h3-4,6-7,9-10H,5,8H2,1-2H3/t10-/m1/s1. The molecule has 0 amide bonds. The van der Waals surface area contributed by atoms with Crippen molar-refractivity contribution in [2.75, 3.05) is 12.0 Å². The average molecular weight is 313 g/mol. The van der Waals surface area contributed by atoms with Crippen molar-refractivity contribution in [1.29, 1.82) is 0 Å².